The number of esters is 1. The molecule has 0 fully saturated rings. The van der Waals surface area contributed by atoms with Gasteiger partial charge in [0, 0.05) is 10.6 Å². The summed E-state index contributed by atoms with van der Waals surface area (Å²) in [4.78, 5) is 11.8. The van der Waals surface area contributed by atoms with Gasteiger partial charge in [0.2, 0.25) is 11.6 Å². The molecule has 0 aliphatic heterocycles. The number of nitrogen functional groups attached to an aromatic ring is 1. The van der Waals surface area contributed by atoms with Crippen LogP contribution in [0, 0.1) is 0 Å². The van der Waals surface area contributed by atoms with Gasteiger partial charge in [-0.3, -0.25) is 0 Å². The molecule has 0 spiro atoms. The lowest BCUT2D eigenvalue weighted by molar-refractivity contribution is 0.0515. The van der Waals surface area contributed by atoms with Crippen LogP contribution in [-0.4, -0.2) is 17.7 Å². The lowest BCUT2D eigenvalue weighted by Gasteiger charge is -2.05. The number of halogens is 2. The molecular formula is C12H10Cl2N2O3. The van der Waals surface area contributed by atoms with E-state index in [4.69, 9.17) is 38.2 Å². The second-order valence-electron chi connectivity index (χ2n) is 3.62. The second kappa shape index (κ2) is 5.50. The highest BCUT2D eigenvalue weighted by molar-refractivity contribution is 6.36. The molecule has 0 atom stereocenters. The lowest BCUT2D eigenvalue weighted by Crippen LogP contribution is -2.06. The fourth-order valence-corrected chi connectivity index (χ4v) is 2.10. The van der Waals surface area contributed by atoms with E-state index in [1.165, 1.54) is 0 Å². The van der Waals surface area contributed by atoms with Crippen LogP contribution >= 0.6 is 23.2 Å². The van der Waals surface area contributed by atoms with E-state index in [1.807, 2.05) is 0 Å². The molecule has 100 valence electrons. The first-order chi connectivity index (χ1) is 9.04. The van der Waals surface area contributed by atoms with Crippen molar-refractivity contribution in [3.05, 3.63) is 33.9 Å². The number of ether oxygens (including phenoxy) is 1. The third kappa shape index (κ3) is 2.67. The maximum absolute atomic E-state index is 11.8. The first-order valence-corrected chi connectivity index (χ1v) is 6.17. The number of rotatable bonds is 3. The van der Waals surface area contributed by atoms with Crippen LogP contribution < -0.4 is 5.73 Å². The number of nitrogens with zero attached hydrogens (tertiary/aromatic N) is 1. The molecule has 2 rings (SSSR count). The van der Waals surface area contributed by atoms with Gasteiger partial charge in [-0.15, -0.1) is 0 Å². The Hall–Kier alpha value is -1.72. The number of anilines is 1. The molecule has 19 heavy (non-hydrogen) atoms. The van der Waals surface area contributed by atoms with Gasteiger partial charge < -0.3 is 15.0 Å². The highest BCUT2D eigenvalue weighted by Crippen LogP contribution is 2.36. The van der Waals surface area contributed by atoms with Crippen LogP contribution in [0.2, 0.25) is 10.0 Å². The predicted molar refractivity (Wildman–Crippen MR) is 72.3 cm³/mol. The highest BCUT2D eigenvalue weighted by atomic mass is 35.5. The number of benzene rings is 1. The largest absolute Gasteiger partial charge is 0.461 e. The SMILES string of the molecule is CCOC(=O)c1noc(N)c1-c1ccc(Cl)cc1Cl. The van der Waals surface area contributed by atoms with Crippen LogP contribution in [0.5, 0.6) is 0 Å². The smallest absolute Gasteiger partial charge is 0.361 e. The first kappa shape index (κ1) is 13.7. The van der Waals surface area contributed by atoms with E-state index in [0.29, 0.717) is 21.2 Å². The summed E-state index contributed by atoms with van der Waals surface area (Å²) < 4.78 is 9.72. The van der Waals surface area contributed by atoms with Crippen molar-refractivity contribution >= 4 is 35.1 Å². The molecule has 0 amide bonds. The summed E-state index contributed by atoms with van der Waals surface area (Å²) in [7, 11) is 0. The fourth-order valence-electron chi connectivity index (χ4n) is 1.59. The molecule has 0 saturated heterocycles. The van der Waals surface area contributed by atoms with Gasteiger partial charge in [0.05, 0.1) is 17.2 Å². The van der Waals surface area contributed by atoms with Crippen LogP contribution in [0.1, 0.15) is 17.4 Å². The molecule has 1 aromatic carbocycles. The highest BCUT2D eigenvalue weighted by Gasteiger charge is 2.24. The summed E-state index contributed by atoms with van der Waals surface area (Å²) in [6.07, 6.45) is 0. The summed E-state index contributed by atoms with van der Waals surface area (Å²) in [6, 6.07) is 4.81. The number of aromatic nitrogens is 1. The Balaban J connectivity index is 2.55. The Morgan fingerprint density at radius 1 is 1.47 bits per heavy atom. The normalized spacial score (nSPS) is 10.5. The summed E-state index contributed by atoms with van der Waals surface area (Å²) in [5.74, 6) is -0.628. The van der Waals surface area contributed by atoms with Crippen LogP contribution in [0.4, 0.5) is 5.88 Å². The van der Waals surface area contributed by atoms with Crippen molar-refractivity contribution < 1.29 is 14.1 Å². The minimum atomic E-state index is -0.621. The lowest BCUT2D eigenvalue weighted by atomic mass is 10.1. The Morgan fingerprint density at radius 3 is 2.84 bits per heavy atom. The minimum absolute atomic E-state index is 0.00715. The van der Waals surface area contributed by atoms with Crippen molar-refractivity contribution in [2.45, 2.75) is 6.92 Å². The second-order valence-corrected chi connectivity index (χ2v) is 4.46. The standard InChI is InChI=1S/C12H10Cl2N2O3/c1-2-18-12(17)10-9(11(15)19-16-10)7-4-3-6(13)5-8(7)14/h3-5H,2,15H2,1H3. The number of nitrogens with two attached hydrogens (primary N) is 1. The minimum Gasteiger partial charge on any atom is -0.461 e. The molecule has 7 heteroatoms. The average Bonchev–Trinajstić information content (AvgIpc) is 2.72. The Bertz CT molecular complexity index is 625. The molecule has 0 aliphatic rings. The molecule has 0 saturated carbocycles. The summed E-state index contributed by atoms with van der Waals surface area (Å²) in [5.41, 5.74) is 6.49. The summed E-state index contributed by atoms with van der Waals surface area (Å²) >= 11 is 11.9. The summed E-state index contributed by atoms with van der Waals surface area (Å²) in [6.45, 7) is 1.91. The third-order valence-corrected chi connectivity index (χ3v) is 2.94. The van der Waals surface area contributed by atoms with Gasteiger partial charge in [0.15, 0.2) is 0 Å². The Morgan fingerprint density at radius 2 is 2.21 bits per heavy atom. The number of hydrogen-bond donors (Lipinski definition) is 1. The fraction of sp³-hybridized carbons (Fsp3) is 0.167. The zero-order valence-electron chi connectivity index (χ0n) is 9.94. The number of carbonyl (C=O) groups is 1. The van der Waals surface area contributed by atoms with E-state index in [2.05, 4.69) is 5.16 Å². The molecule has 2 aromatic rings. The van der Waals surface area contributed by atoms with E-state index >= 15 is 0 Å². The van der Waals surface area contributed by atoms with Crippen LogP contribution in [0.15, 0.2) is 22.7 Å². The Labute approximate surface area is 119 Å². The van der Waals surface area contributed by atoms with Gasteiger partial charge in [0.1, 0.15) is 0 Å². The van der Waals surface area contributed by atoms with Crippen LogP contribution in [-0.2, 0) is 4.74 Å². The molecule has 0 unspecified atom stereocenters. The quantitative estimate of drug-likeness (QED) is 0.879. The van der Waals surface area contributed by atoms with Crippen molar-refractivity contribution in [1.82, 2.24) is 5.16 Å². The van der Waals surface area contributed by atoms with E-state index in [1.54, 1.807) is 25.1 Å². The maximum atomic E-state index is 11.8. The van der Waals surface area contributed by atoms with Gasteiger partial charge in [-0.2, -0.15) is 0 Å². The van der Waals surface area contributed by atoms with Gasteiger partial charge in [-0.1, -0.05) is 34.4 Å². The third-order valence-electron chi connectivity index (χ3n) is 2.39. The van der Waals surface area contributed by atoms with E-state index in [0.717, 1.165) is 0 Å². The molecule has 1 aromatic heterocycles. The summed E-state index contributed by atoms with van der Waals surface area (Å²) in [5, 5.41) is 4.42. The maximum Gasteiger partial charge on any atom is 0.361 e. The van der Waals surface area contributed by atoms with Crippen molar-refractivity contribution in [3.8, 4) is 11.1 Å². The molecule has 5 nitrogen and oxygen atoms in total. The molecular weight excluding hydrogens is 291 g/mol. The Kier molecular flexibility index (Phi) is 3.97. The molecule has 0 aliphatic carbocycles. The zero-order chi connectivity index (χ0) is 14.0. The van der Waals surface area contributed by atoms with Gasteiger partial charge in [0.25, 0.3) is 0 Å². The topological polar surface area (TPSA) is 78.3 Å². The van der Waals surface area contributed by atoms with Crippen molar-refractivity contribution in [2.24, 2.45) is 0 Å². The monoisotopic (exact) mass is 300 g/mol. The first-order valence-electron chi connectivity index (χ1n) is 5.42. The number of hydrogen-bond acceptors (Lipinski definition) is 5. The van der Waals surface area contributed by atoms with Crippen LogP contribution in [0.25, 0.3) is 11.1 Å². The van der Waals surface area contributed by atoms with Crippen molar-refractivity contribution in [3.63, 3.8) is 0 Å². The van der Waals surface area contributed by atoms with E-state index < -0.39 is 5.97 Å². The van der Waals surface area contributed by atoms with E-state index in [-0.39, 0.29) is 18.2 Å². The van der Waals surface area contributed by atoms with Gasteiger partial charge in [-0.25, -0.2) is 4.79 Å². The molecule has 1 heterocycles. The van der Waals surface area contributed by atoms with Gasteiger partial charge in [-0.05, 0) is 19.1 Å². The molecule has 0 radical (unpaired) electrons. The van der Waals surface area contributed by atoms with Gasteiger partial charge >= 0.3 is 5.97 Å². The average molecular weight is 301 g/mol. The van der Waals surface area contributed by atoms with Crippen molar-refractivity contribution in [1.29, 1.82) is 0 Å². The zero-order valence-corrected chi connectivity index (χ0v) is 11.5. The predicted octanol–water partition coefficient (Wildman–Crippen LogP) is 3.41. The molecule has 0 bridgehead atoms. The number of carbonyl (C=O) groups excluding carboxylic acids is 1. The van der Waals surface area contributed by atoms with E-state index in [9.17, 15) is 4.79 Å². The molecule has 2 N–H and O–H groups in total. The van der Waals surface area contributed by atoms with Crippen LogP contribution in [0.3, 0.4) is 0 Å². The van der Waals surface area contributed by atoms with Crippen molar-refractivity contribution in [2.75, 3.05) is 12.3 Å².